The summed E-state index contributed by atoms with van der Waals surface area (Å²) in [6.45, 7) is 1.71. The van der Waals surface area contributed by atoms with Crippen molar-refractivity contribution < 1.29 is 4.74 Å². The molecule has 5 heteroatoms. The van der Waals surface area contributed by atoms with Crippen molar-refractivity contribution in [2.75, 3.05) is 32.0 Å². The van der Waals surface area contributed by atoms with E-state index in [1.807, 2.05) is 30.3 Å². The van der Waals surface area contributed by atoms with Crippen molar-refractivity contribution in [2.24, 2.45) is 0 Å². The summed E-state index contributed by atoms with van der Waals surface area (Å²) in [5, 5.41) is 17.2. The Morgan fingerprint density at radius 2 is 1.83 bits per heavy atom. The minimum Gasteiger partial charge on any atom is -0.491 e. The Kier molecular flexibility index (Phi) is 6.10. The molecule has 1 aromatic rings. The lowest BCUT2D eigenvalue weighted by Gasteiger charge is -2.15. The summed E-state index contributed by atoms with van der Waals surface area (Å²) >= 11 is 0. The van der Waals surface area contributed by atoms with Gasteiger partial charge >= 0.3 is 0 Å². The summed E-state index contributed by atoms with van der Waals surface area (Å²) in [6.07, 6.45) is 0.748. The van der Waals surface area contributed by atoms with Crippen LogP contribution in [0.3, 0.4) is 0 Å². The number of rotatable bonds is 7. The lowest BCUT2D eigenvalue weighted by Crippen LogP contribution is -2.26. The normalized spacial score (nSPS) is 9.72. The van der Waals surface area contributed by atoms with E-state index in [1.54, 1.807) is 11.0 Å². The average molecular weight is 244 g/mol. The highest BCUT2D eigenvalue weighted by atomic mass is 16.5. The van der Waals surface area contributed by atoms with Crippen LogP contribution in [0.25, 0.3) is 0 Å². The summed E-state index contributed by atoms with van der Waals surface area (Å²) in [6, 6.07) is 11.4. The molecule has 18 heavy (non-hydrogen) atoms. The number of para-hydroxylation sites is 2. The zero-order valence-corrected chi connectivity index (χ0v) is 10.2. The van der Waals surface area contributed by atoms with Crippen LogP contribution in [-0.2, 0) is 0 Å². The monoisotopic (exact) mass is 244 g/mol. The van der Waals surface area contributed by atoms with Gasteiger partial charge < -0.3 is 10.5 Å². The van der Waals surface area contributed by atoms with E-state index in [0.717, 1.165) is 6.42 Å². The second-order valence-electron chi connectivity index (χ2n) is 3.77. The van der Waals surface area contributed by atoms with E-state index in [-0.39, 0.29) is 13.1 Å². The van der Waals surface area contributed by atoms with Crippen LogP contribution in [0.1, 0.15) is 6.42 Å². The van der Waals surface area contributed by atoms with Gasteiger partial charge in [-0.05, 0) is 18.6 Å². The molecule has 0 aliphatic rings. The first-order valence-corrected chi connectivity index (χ1v) is 5.71. The molecule has 0 amide bonds. The fourth-order valence-corrected chi connectivity index (χ4v) is 1.50. The number of benzene rings is 1. The Morgan fingerprint density at radius 1 is 1.17 bits per heavy atom. The minimum absolute atomic E-state index is 0.265. The van der Waals surface area contributed by atoms with Crippen molar-refractivity contribution in [3.05, 3.63) is 24.3 Å². The molecule has 5 nitrogen and oxygen atoms in total. The number of nitrogens with zero attached hydrogens (tertiary/aromatic N) is 3. The lowest BCUT2D eigenvalue weighted by atomic mass is 10.3. The van der Waals surface area contributed by atoms with Crippen molar-refractivity contribution in [2.45, 2.75) is 6.42 Å². The summed E-state index contributed by atoms with van der Waals surface area (Å²) in [7, 11) is 0. The third kappa shape index (κ3) is 4.73. The SMILES string of the molecule is N#CCN(CC#N)CCCOc1ccccc1N. The van der Waals surface area contributed by atoms with Crippen LogP contribution in [0.15, 0.2) is 24.3 Å². The fourth-order valence-electron chi connectivity index (χ4n) is 1.50. The van der Waals surface area contributed by atoms with E-state index >= 15 is 0 Å². The molecule has 0 unspecified atom stereocenters. The van der Waals surface area contributed by atoms with Crippen LogP contribution in [0, 0.1) is 22.7 Å². The van der Waals surface area contributed by atoms with Crippen molar-refractivity contribution >= 4 is 5.69 Å². The van der Waals surface area contributed by atoms with Gasteiger partial charge in [0.15, 0.2) is 0 Å². The van der Waals surface area contributed by atoms with Crippen molar-refractivity contribution in [1.29, 1.82) is 10.5 Å². The van der Waals surface area contributed by atoms with Gasteiger partial charge in [-0.2, -0.15) is 10.5 Å². The van der Waals surface area contributed by atoms with E-state index in [1.165, 1.54) is 0 Å². The van der Waals surface area contributed by atoms with Gasteiger partial charge in [-0.3, -0.25) is 4.90 Å². The number of anilines is 1. The van der Waals surface area contributed by atoms with Gasteiger partial charge in [0.2, 0.25) is 0 Å². The highest BCUT2D eigenvalue weighted by Crippen LogP contribution is 2.19. The van der Waals surface area contributed by atoms with E-state index in [4.69, 9.17) is 21.0 Å². The molecule has 0 saturated carbocycles. The largest absolute Gasteiger partial charge is 0.491 e. The van der Waals surface area contributed by atoms with Crippen LogP contribution in [0.5, 0.6) is 5.75 Å². The van der Waals surface area contributed by atoms with Crippen molar-refractivity contribution in [3.8, 4) is 17.9 Å². The number of ether oxygens (including phenoxy) is 1. The molecule has 0 saturated heterocycles. The Labute approximate surface area is 107 Å². The maximum absolute atomic E-state index is 8.59. The summed E-state index contributed by atoms with van der Waals surface area (Å²) in [4.78, 5) is 1.78. The third-order valence-electron chi connectivity index (χ3n) is 2.38. The third-order valence-corrected chi connectivity index (χ3v) is 2.38. The zero-order chi connectivity index (χ0) is 13.2. The molecular formula is C13H16N4O. The van der Waals surface area contributed by atoms with Crippen LogP contribution in [-0.4, -0.2) is 31.1 Å². The first kappa shape index (κ1) is 13.8. The maximum Gasteiger partial charge on any atom is 0.142 e. The highest BCUT2D eigenvalue weighted by molar-refractivity contribution is 5.51. The molecule has 0 heterocycles. The number of nitrogens with two attached hydrogens (primary N) is 1. The fraction of sp³-hybridized carbons (Fsp3) is 0.385. The predicted molar refractivity (Wildman–Crippen MR) is 68.6 cm³/mol. The quantitative estimate of drug-likeness (QED) is 0.445. The van der Waals surface area contributed by atoms with E-state index in [9.17, 15) is 0 Å². The molecule has 0 spiro atoms. The lowest BCUT2D eigenvalue weighted by molar-refractivity contribution is 0.265. The van der Waals surface area contributed by atoms with Crippen LogP contribution in [0.4, 0.5) is 5.69 Å². The number of hydrogen-bond acceptors (Lipinski definition) is 5. The average Bonchev–Trinajstić information content (AvgIpc) is 2.37. The second kappa shape index (κ2) is 7.94. The molecule has 0 atom stereocenters. The van der Waals surface area contributed by atoms with Crippen molar-refractivity contribution in [3.63, 3.8) is 0 Å². The van der Waals surface area contributed by atoms with Crippen LogP contribution < -0.4 is 10.5 Å². The number of hydrogen-bond donors (Lipinski definition) is 1. The van der Waals surface area contributed by atoms with Crippen molar-refractivity contribution in [1.82, 2.24) is 4.90 Å². The molecule has 1 rings (SSSR count). The molecular weight excluding hydrogens is 228 g/mol. The summed E-state index contributed by atoms with van der Waals surface area (Å²) in [5.74, 6) is 0.671. The first-order valence-electron chi connectivity index (χ1n) is 5.71. The molecule has 0 bridgehead atoms. The minimum atomic E-state index is 0.265. The molecule has 1 aromatic carbocycles. The van der Waals surface area contributed by atoms with Gasteiger partial charge in [0.1, 0.15) is 5.75 Å². The van der Waals surface area contributed by atoms with Crippen LogP contribution in [0.2, 0.25) is 0 Å². The topological polar surface area (TPSA) is 86.1 Å². The molecule has 0 aliphatic carbocycles. The Hall–Kier alpha value is -2.24. The van der Waals surface area contributed by atoms with Gasteiger partial charge in [-0.15, -0.1) is 0 Å². The zero-order valence-electron chi connectivity index (χ0n) is 10.2. The summed E-state index contributed by atoms with van der Waals surface area (Å²) < 4.78 is 5.53. The Balaban J connectivity index is 2.28. The van der Waals surface area contributed by atoms with Gasteiger partial charge in [0.25, 0.3) is 0 Å². The highest BCUT2D eigenvalue weighted by Gasteiger charge is 2.03. The Morgan fingerprint density at radius 3 is 2.44 bits per heavy atom. The van der Waals surface area contributed by atoms with E-state index in [2.05, 4.69) is 0 Å². The Bertz CT molecular complexity index is 431. The molecule has 0 aliphatic heterocycles. The van der Waals surface area contributed by atoms with E-state index < -0.39 is 0 Å². The van der Waals surface area contributed by atoms with E-state index in [0.29, 0.717) is 24.6 Å². The molecule has 2 N–H and O–H groups in total. The van der Waals surface area contributed by atoms with Gasteiger partial charge in [-0.25, -0.2) is 0 Å². The molecule has 94 valence electrons. The van der Waals surface area contributed by atoms with Crippen LogP contribution >= 0.6 is 0 Å². The molecule has 0 aromatic heterocycles. The van der Waals surface area contributed by atoms with Gasteiger partial charge in [0.05, 0.1) is 37.5 Å². The van der Waals surface area contributed by atoms with Gasteiger partial charge in [-0.1, -0.05) is 12.1 Å². The van der Waals surface area contributed by atoms with Gasteiger partial charge in [0, 0.05) is 6.54 Å². The maximum atomic E-state index is 8.59. The molecule has 0 fully saturated rings. The first-order chi connectivity index (χ1) is 8.77. The number of nitriles is 2. The number of nitrogen functional groups attached to an aromatic ring is 1. The molecule has 0 radical (unpaired) electrons. The predicted octanol–water partition coefficient (Wildman–Crippen LogP) is 1.39. The summed E-state index contributed by atoms with van der Waals surface area (Å²) in [5.41, 5.74) is 6.35. The standard InChI is InChI=1S/C13H16N4O/c14-6-9-17(10-7-15)8-3-11-18-13-5-2-1-4-12(13)16/h1-2,4-5H,3,8-11,16H2. The smallest absolute Gasteiger partial charge is 0.142 e. The second-order valence-corrected chi connectivity index (χ2v) is 3.77.